The summed E-state index contributed by atoms with van der Waals surface area (Å²) in [5.41, 5.74) is 1.50. The Labute approximate surface area is 185 Å². The van der Waals surface area contributed by atoms with Crippen LogP contribution in [-0.2, 0) is 11.3 Å². The van der Waals surface area contributed by atoms with Crippen molar-refractivity contribution in [1.29, 1.82) is 0 Å². The second kappa shape index (κ2) is 9.23. The summed E-state index contributed by atoms with van der Waals surface area (Å²) in [5, 5.41) is 1.79. The van der Waals surface area contributed by atoms with Crippen molar-refractivity contribution in [2.75, 3.05) is 12.3 Å². The third-order valence-electron chi connectivity index (χ3n) is 5.53. The van der Waals surface area contributed by atoms with Gasteiger partial charge in [-0.1, -0.05) is 47.6 Å². The van der Waals surface area contributed by atoms with Crippen LogP contribution in [0.2, 0.25) is 5.02 Å². The van der Waals surface area contributed by atoms with Crippen molar-refractivity contribution in [2.45, 2.75) is 43.9 Å². The predicted molar refractivity (Wildman–Crippen MR) is 122 cm³/mol. The smallest absolute Gasteiger partial charge is 0.262 e. The number of fused-ring (bicyclic) bond motifs is 1. The molecule has 0 aliphatic carbocycles. The molecule has 1 aliphatic heterocycles. The van der Waals surface area contributed by atoms with Gasteiger partial charge in [-0.3, -0.25) is 14.2 Å². The molecule has 0 radical (unpaired) electrons. The number of piperidine rings is 1. The van der Waals surface area contributed by atoms with Gasteiger partial charge in [-0.2, -0.15) is 0 Å². The molecule has 0 saturated carbocycles. The second-order valence-electron chi connectivity index (χ2n) is 7.65. The lowest BCUT2D eigenvalue weighted by Gasteiger charge is -2.33. The van der Waals surface area contributed by atoms with E-state index in [-0.39, 0.29) is 23.3 Å². The lowest BCUT2D eigenvalue weighted by Crippen LogP contribution is -2.43. The van der Waals surface area contributed by atoms with Gasteiger partial charge in [-0.05, 0) is 56.0 Å². The van der Waals surface area contributed by atoms with Crippen LogP contribution in [0.5, 0.6) is 0 Å². The predicted octanol–water partition coefficient (Wildman–Crippen LogP) is 4.59. The van der Waals surface area contributed by atoms with Gasteiger partial charge in [0.2, 0.25) is 5.91 Å². The molecule has 156 valence electrons. The summed E-state index contributed by atoms with van der Waals surface area (Å²) < 4.78 is 1.66. The Morgan fingerprint density at radius 1 is 1.17 bits per heavy atom. The van der Waals surface area contributed by atoms with Gasteiger partial charge in [-0.25, -0.2) is 4.98 Å². The summed E-state index contributed by atoms with van der Waals surface area (Å²) in [4.78, 5) is 32.7. The number of hydrogen-bond acceptors (Lipinski definition) is 4. The highest BCUT2D eigenvalue weighted by atomic mass is 35.5. The Hall–Kier alpha value is -2.31. The molecule has 1 aliphatic rings. The molecule has 2 aromatic carbocycles. The normalized spacial score (nSPS) is 16.7. The number of hydrogen-bond donors (Lipinski definition) is 0. The average molecular weight is 442 g/mol. The molecule has 1 aromatic heterocycles. The molecule has 2 heterocycles. The van der Waals surface area contributed by atoms with Crippen LogP contribution in [0, 0.1) is 0 Å². The molecule has 7 heteroatoms. The van der Waals surface area contributed by atoms with E-state index >= 15 is 0 Å². The Kier molecular flexibility index (Phi) is 6.44. The first kappa shape index (κ1) is 20.9. The number of carbonyl (C=O) groups excluding carboxylic acids is 1. The van der Waals surface area contributed by atoms with Crippen LogP contribution in [0.3, 0.4) is 0 Å². The zero-order chi connectivity index (χ0) is 21.1. The maximum Gasteiger partial charge on any atom is 0.262 e. The molecule has 4 rings (SSSR count). The van der Waals surface area contributed by atoms with Crippen molar-refractivity contribution in [3.63, 3.8) is 0 Å². The van der Waals surface area contributed by atoms with Crippen molar-refractivity contribution < 1.29 is 4.79 Å². The quantitative estimate of drug-likeness (QED) is 0.429. The summed E-state index contributed by atoms with van der Waals surface area (Å²) in [7, 11) is 0. The van der Waals surface area contributed by atoms with Crippen molar-refractivity contribution in [3.8, 4) is 0 Å². The molecular formula is C23H24ClN3O2S. The van der Waals surface area contributed by atoms with Gasteiger partial charge >= 0.3 is 0 Å². The minimum Gasteiger partial charge on any atom is -0.339 e. The fraction of sp³-hybridized carbons (Fsp3) is 0.348. The van der Waals surface area contributed by atoms with Crippen LogP contribution in [0.1, 0.15) is 31.7 Å². The largest absolute Gasteiger partial charge is 0.339 e. The summed E-state index contributed by atoms with van der Waals surface area (Å²) in [6, 6.07) is 15.0. The SMILES string of the molecule is CC1CCCCN1C(=O)CSc1nc2ccccc2c(=O)n1Cc1ccc(Cl)cc1. The van der Waals surface area contributed by atoms with Crippen molar-refractivity contribution in [2.24, 2.45) is 0 Å². The van der Waals surface area contributed by atoms with E-state index < -0.39 is 0 Å². The summed E-state index contributed by atoms with van der Waals surface area (Å²) in [6.07, 6.45) is 3.27. The first-order chi connectivity index (χ1) is 14.5. The number of para-hydroxylation sites is 1. The maximum atomic E-state index is 13.2. The highest BCUT2D eigenvalue weighted by Gasteiger charge is 2.23. The molecule has 5 nitrogen and oxygen atoms in total. The summed E-state index contributed by atoms with van der Waals surface area (Å²) >= 11 is 7.34. The van der Waals surface area contributed by atoms with E-state index in [2.05, 4.69) is 6.92 Å². The number of carbonyl (C=O) groups is 1. The Balaban J connectivity index is 1.64. The fourth-order valence-corrected chi connectivity index (χ4v) is 4.86. The van der Waals surface area contributed by atoms with Crippen molar-refractivity contribution in [3.05, 3.63) is 69.5 Å². The number of likely N-dealkylation sites (tertiary alicyclic amines) is 1. The van der Waals surface area contributed by atoms with E-state index in [1.165, 1.54) is 18.2 Å². The summed E-state index contributed by atoms with van der Waals surface area (Å²) in [5.74, 6) is 0.378. The molecule has 1 atom stereocenters. The maximum absolute atomic E-state index is 13.2. The number of benzene rings is 2. The molecule has 0 spiro atoms. The van der Waals surface area contributed by atoms with Gasteiger partial charge in [0.25, 0.3) is 5.56 Å². The monoisotopic (exact) mass is 441 g/mol. The van der Waals surface area contributed by atoms with E-state index in [1.807, 2.05) is 47.4 Å². The molecule has 1 unspecified atom stereocenters. The molecule has 3 aromatic rings. The van der Waals surface area contributed by atoms with Gasteiger partial charge in [0.1, 0.15) is 0 Å². The van der Waals surface area contributed by atoms with E-state index in [0.29, 0.717) is 27.6 Å². The van der Waals surface area contributed by atoms with E-state index in [1.54, 1.807) is 10.6 Å². The summed E-state index contributed by atoms with van der Waals surface area (Å²) in [6.45, 7) is 3.29. The van der Waals surface area contributed by atoms with Gasteiger partial charge in [0.05, 0.1) is 23.2 Å². The number of rotatable bonds is 5. The second-order valence-corrected chi connectivity index (χ2v) is 9.03. The average Bonchev–Trinajstić information content (AvgIpc) is 2.76. The Bertz CT molecular complexity index is 1110. The zero-order valence-corrected chi connectivity index (χ0v) is 18.5. The third-order valence-corrected chi connectivity index (χ3v) is 6.74. The highest BCUT2D eigenvalue weighted by molar-refractivity contribution is 7.99. The van der Waals surface area contributed by atoms with Gasteiger partial charge < -0.3 is 4.90 Å². The van der Waals surface area contributed by atoms with Crippen LogP contribution in [0.25, 0.3) is 10.9 Å². The first-order valence-corrected chi connectivity index (χ1v) is 11.6. The molecule has 1 fully saturated rings. The minimum absolute atomic E-state index is 0.100. The number of nitrogens with zero attached hydrogens (tertiary/aromatic N) is 3. The fourth-order valence-electron chi connectivity index (χ4n) is 3.85. The van der Waals surface area contributed by atoms with E-state index in [0.717, 1.165) is 24.9 Å². The van der Waals surface area contributed by atoms with Crippen LogP contribution in [0.4, 0.5) is 0 Å². The third kappa shape index (κ3) is 4.55. The number of halogens is 1. The zero-order valence-electron chi connectivity index (χ0n) is 16.9. The lowest BCUT2D eigenvalue weighted by atomic mass is 10.0. The number of amides is 1. The topological polar surface area (TPSA) is 55.2 Å². The molecule has 1 saturated heterocycles. The Morgan fingerprint density at radius 2 is 1.93 bits per heavy atom. The Morgan fingerprint density at radius 3 is 2.70 bits per heavy atom. The highest BCUT2D eigenvalue weighted by Crippen LogP contribution is 2.22. The molecule has 30 heavy (non-hydrogen) atoms. The van der Waals surface area contributed by atoms with Crippen molar-refractivity contribution in [1.82, 2.24) is 14.5 Å². The van der Waals surface area contributed by atoms with Gasteiger partial charge in [0.15, 0.2) is 5.16 Å². The van der Waals surface area contributed by atoms with E-state index in [4.69, 9.17) is 16.6 Å². The van der Waals surface area contributed by atoms with Crippen molar-refractivity contribution >= 4 is 40.2 Å². The van der Waals surface area contributed by atoms with Crippen LogP contribution >= 0.6 is 23.4 Å². The number of thioether (sulfide) groups is 1. The van der Waals surface area contributed by atoms with Crippen LogP contribution < -0.4 is 5.56 Å². The molecule has 1 amide bonds. The standard InChI is InChI=1S/C23H24ClN3O2S/c1-16-6-4-5-13-26(16)21(28)15-30-23-25-20-8-3-2-7-19(20)22(29)27(23)14-17-9-11-18(24)12-10-17/h2-3,7-12,16H,4-6,13-15H2,1H3. The first-order valence-electron chi connectivity index (χ1n) is 10.2. The van der Waals surface area contributed by atoms with Gasteiger partial charge in [0, 0.05) is 17.6 Å². The molecule has 0 N–H and O–H groups in total. The lowest BCUT2D eigenvalue weighted by molar-refractivity contribution is -0.131. The van der Waals surface area contributed by atoms with Crippen LogP contribution in [0.15, 0.2) is 58.5 Å². The van der Waals surface area contributed by atoms with E-state index in [9.17, 15) is 9.59 Å². The number of aromatic nitrogens is 2. The minimum atomic E-state index is -0.100. The molecule has 0 bridgehead atoms. The van der Waals surface area contributed by atoms with Crippen LogP contribution in [-0.4, -0.2) is 38.7 Å². The van der Waals surface area contributed by atoms with Gasteiger partial charge in [-0.15, -0.1) is 0 Å². The molecular weight excluding hydrogens is 418 g/mol.